The first-order valence-corrected chi connectivity index (χ1v) is 4.55. The summed E-state index contributed by atoms with van der Waals surface area (Å²) >= 11 is 0. The Morgan fingerprint density at radius 1 is 1.50 bits per heavy atom. The van der Waals surface area contributed by atoms with E-state index in [1.165, 1.54) is 6.20 Å². The summed E-state index contributed by atoms with van der Waals surface area (Å²) in [6.45, 7) is 1.50. The third kappa shape index (κ3) is 1.54. The second-order valence-electron chi connectivity index (χ2n) is 3.48. The molecule has 2 unspecified atom stereocenters. The van der Waals surface area contributed by atoms with Crippen molar-refractivity contribution in [2.45, 2.75) is 5.92 Å². The number of aromatic hydroxyl groups is 1. The molecule has 2 rings (SSSR count). The summed E-state index contributed by atoms with van der Waals surface area (Å²) in [6, 6.07) is 3.94. The third-order valence-electron chi connectivity index (χ3n) is 2.55. The van der Waals surface area contributed by atoms with Gasteiger partial charge in [0.05, 0.1) is 18.2 Å². The van der Waals surface area contributed by atoms with Crippen LogP contribution in [0, 0.1) is 17.2 Å². The Morgan fingerprint density at radius 2 is 2.36 bits per heavy atom. The molecule has 0 bridgehead atoms. The molecule has 4 heteroatoms. The zero-order chi connectivity index (χ0) is 9.97. The summed E-state index contributed by atoms with van der Waals surface area (Å²) in [6.07, 6.45) is 3.11. The van der Waals surface area contributed by atoms with Gasteiger partial charge in [-0.3, -0.25) is 4.98 Å². The zero-order valence-electron chi connectivity index (χ0n) is 7.64. The first-order chi connectivity index (χ1) is 6.81. The van der Waals surface area contributed by atoms with Crippen LogP contribution in [-0.4, -0.2) is 23.2 Å². The van der Waals surface area contributed by atoms with Crippen molar-refractivity contribution in [1.29, 1.82) is 5.26 Å². The predicted molar refractivity (Wildman–Crippen MR) is 50.6 cm³/mol. The van der Waals surface area contributed by atoms with Gasteiger partial charge in [0.25, 0.3) is 0 Å². The molecule has 0 aliphatic carbocycles. The van der Waals surface area contributed by atoms with Crippen LogP contribution < -0.4 is 5.32 Å². The summed E-state index contributed by atoms with van der Waals surface area (Å²) in [5.41, 5.74) is 0.932. The lowest BCUT2D eigenvalue weighted by Gasteiger charge is -2.11. The van der Waals surface area contributed by atoms with E-state index in [4.69, 9.17) is 5.26 Å². The van der Waals surface area contributed by atoms with Crippen molar-refractivity contribution in [3.63, 3.8) is 0 Å². The van der Waals surface area contributed by atoms with Crippen LogP contribution in [-0.2, 0) is 0 Å². The largest absolute Gasteiger partial charge is 0.506 e. The minimum atomic E-state index is -0.0152. The van der Waals surface area contributed by atoms with Gasteiger partial charge in [-0.15, -0.1) is 0 Å². The lowest BCUT2D eigenvalue weighted by Crippen LogP contribution is -2.08. The van der Waals surface area contributed by atoms with Crippen LogP contribution in [0.5, 0.6) is 5.75 Å². The van der Waals surface area contributed by atoms with Crippen molar-refractivity contribution < 1.29 is 5.11 Å². The highest BCUT2D eigenvalue weighted by Crippen LogP contribution is 2.28. The average molecular weight is 189 g/mol. The minimum absolute atomic E-state index is 0.0152. The number of rotatable bonds is 1. The molecule has 0 aromatic carbocycles. The Labute approximate surface area is 82.2 Å². The number of hydrogen-bond donors (Lipinski definition) is 2. The number of nitrogens with zero attached hydrogens (tertiary/aromatic N) is 2. The normalized spacial score (nSPS) is 25.9. The molecular formula is C10H11N3O. The van der Waals surface area contributed by atoms with Crippen LogP contribution in [0.2, 0.25) is 0 Å². The second-order valence-corrected chi connectivity index (χ2v) is 3.48. The highest BCUT2D eigenvalue weighted by Gasteiger charge is 2.28. The van der Waals surface area contributed by atoms with Crippen molar-refractivity contribution in [1.82, 2.24) is 10.3 Å². The number of hydrogen-bond acceptors (Lipinski definition) is 4. The Kier molecular flexibility index (Phi) is 2.33. The Balaban J connectivity index is 2.27. The predicted octanol–water partition coefficient (Wildman–Crippen LogP) is 0.614. The standard InChI is InChI=1S/C10H11N3O/c11-2-8-4-13-6-10(8)7-1-9(14)5-12-3-7/h1,3,5,8,10,13-14H,4,6H2. The van der Waals surface area contributed by atoms with Crippen LogP contribution >= 0.6 is 0 Å². The van der Waals surface area contributed by atoms with E-state index in [2.05, 4.69) is 16.4 Å². The summed E-state index contributed by atoms with van der Waals surface area (Å²) in [5, 5.41) is 21.3. The molecule has 1 saturated heterocycles. The maximum atomic E-state index is 9.27. The number of nitrogens with one attached hydrogen (secondary N) is 1. The van der Waals surface area contributed by atoms with Crippen molar-refractivity contribution >= 4 is 0 Å². The molecule has 1 aromatic heterocycles. The van der Waals surface area contributed by atoms with Crippen molar-refractivity contribution in [3.8, 4) is 11.8 Å². The molecule has 2 heterocycles. The van der Waals surface area contributed by atoms with E-state index in [0.29, 0.717) is 0 Å². The molecule has 72 valence electrons. The highest BCUT2D eigenvalue weighted by atomic mass is 16.3. The Bertz CT molecular complexity index is 372. The summed E-state index contributed by atoms with van der Waals surface area (Å²) in [4.78, 5) is 3.91. The van der Waals surface area contributed by atoms with E-state index in [1.54, 1.807) is 12.3 Å². The fraction of sp³-hybridized carbons (Fsp3) is 0.400. The van der Waals surface area contributed by atoms with Crippen LogP contribution in [0.4, 0.5) is 0 Å². The van der Waals surface area contributed by atoms with Gasteiger partial charge < -0.3 is 10.4 Å². The molecule has 2 N–H and O–H groups in total. The first kappa shape index (κ1) is 8.97. The number of pyridine rings is 1. The molecule has 1 aromatic rings. The minimum Gasteiger partial charge on any atom is -0.506 e. The summed E-state index contributed by atoms with van der Waals surface area (Å²) < 4.78 is 0. The fourth-order valence-electron chi connectivity index (χ4n) is 1.81. The van der Waals surface area contributed by atoms with Gasteiger partial charge in [0.2, 0.25) is 0 Å². The Hall–Kier alpha value is -1.60. The topological polar surface area (TPSA) is 68.9 Å². The van der Waals surface area contributed by atoms with Crippen molar-refractivity contribution in [2.24, 2.45) is 5.92 Å². The van der Waals surface area contributed by atoms with Crippen molar-refractivity contribution in [3.05, 3.63) is 24.0 Å². The van der Waals surface area contributed by atoms with Gasteiger partial charge in [-0.25, -0.2) is 0 Å². The lowest BCUT2D eigenvalue weighted by molar-refractivity contribution is 0.470. The molecule has 0 saturated carbocycles. The highest BCUT2D eigenvalue weighted by molar-refractivity contribution is 5.28. The lowest BCUT2D eigenvalue weighted by atomic mass is 9.91. The van der Waals surface area contributed by atoms with E-state index < -0.39 is 0 Å². The second kappa shape index (κ2) is 3.64. The molecule has 14 heavy (non-hydrogen) atoms. The number of aromatic nitrogens is 1. The van der Waals surface area contributed by atoms with Crippen LogP contribution in [0.3, 0.4) is 0 Å². The fourth-order valence-corrected chi connectivity index (χ4v) is 1.81. The van der Waals surface area contributed by atoms with Crippen LogP contribution in [0.25, 0.3) is 0 Å². The van der Waals surface area contributed by atoms with Crippen LogP contribution in [0.15, 0.2) is 18.5 Å². The van der Waals surface area contributed by atoms with Gasteiger partial charge in [0.15, 0.2) is 0 Å². The maximum absolute atomic E-state index is 9.27. The van der Waals surface area contributed by atoms with Crippen molar-refractivity contribution in [2.75, 3.05) is 13.1 Å². The Morgan fingerprint density at radius 3 is 3.07 bits per heavy atom. The van der Waals surface area contributed by atoms with E-state index in [1.807, 2.05) is 0 Å². The summed E-state index contributed by atoms with van der Waals surface area (Å²) in [7, 11) is 0. The molecule has 2 atom stereocenters. The van der Waals surface area contributed by atoms with E-state index in [9.17, 15) is 5.11 Å². The first-order valence-electron chi connectivity index (χ1n) is 4.55. The smallest absolute Gasteiger partial charge is 0.134 e. The molecule has 0 spiro atoms. The van der Waals surface area contributed by atoms with Gasteiger partial charge in [-0.05, 0) is 11.6 Å². The molecular weight excluding hydrogens is 178 g/mol. The molecule has 0 radical (unpaired) electrons. The molecule has 1 aliphatic rings. The molecule has 0 amide bonds. The average Bonchev–Trinajstić information content (AvgIpc) is 2.65. The van der Waals surface area contributed by atoms with Crippen LogP contribution in [0.1, 0.15) is 11.5 Å². The molecule has 1 fully saturated rings. The number of nitriles is 1. The van der Waals surface area contributed by atoms with Gasteiger partial charge >= 0.3 is 0 Å². The maximum Gasteiger partial charge on any atom is 0.134 e. The molecule has 1 aliphatic heterocycles. The van der Waals surface area contributed by atoms with E-state index >= 15 is 0 Å². The SMILES string of the molecule is N#CC1CNCC1c1cncc(O)c1. The quantitative estimate of drug-likeness (QED) is 0.679. The summed E-state index contributed by atoms with van der Waals surface area (Å²) in [5.74, 6) is 0.296. The molecule has 4 nitrogen and oxygen atoms in total. The monoisotopic (exact) mass is 189 g/mol. The van der Waals surface area contributed by atoms with Gasteiger partial charge in [0, 0.05) is 25.2 Å². The van der Waals surface area contributed by atoms with Gasteiger partial charge in [0.1, 0.15) is 5.75 Å². The van der Waals surface area contributed by atoms with Gasteiger partial charge in [-0.1, -0.05) is 0 Å². The van der Waals surface area contributed by atoms with E-state index in [-0.39, 0.29) is 17.6 Å². The van der Waals surface area contributed by atoms with Gasteiger partial charge in [-0.2, -0.15) is 5.26 Å². The zero-order valence-corrected chi connectivity index (χ0v) is 7.64. The van der Waals surface area contributed by atoms with E-state index in [0.717, 1.165) is 18.7 Å². The third-order valence-corrected chi connectivity index (χ3v) is 2.55.